The molecular weight excluding hydrogens is 338 g/mol. The summed E-state index contributed by atoms with van der Waals surface area (Å²) >= 11 is 0. The maximum absolute atomic E-state index is 5.84. The lowest BCUT2D eigenvalue weighted by molar-refractivity contribution is 0.413. The lowest BCUT2D eigenvalue weighted by atomic mass is 10.0. The molecule has 1 N–H and O–H groups in total. The van der Waals surface area contributed by atoms with Gasteiger partial charge >= 0.3 is 0 Å². The standard InChI is InChI=1S/C22H19N3O2/c1-26-19-8-3-2-6-17(19)22-25-24-20(27-22)13-23-18-12-11-15-10-9-14-5-4-7-16(18)21(14)15/h2-8,11-12,23H,9-10,13H2,1H3. The number of rotatable bonds is 5. The normalized spacial score (nSPS) is 12.5. The summed E-state index contributed by atoms with van der Waals surface area (Å²) in [5.41, 5.74) is 4.75. The van der Waals surface area contributed by atoms with Crippen LogP contribution in [0.3, 0.4) is 0 Å². The van der Waals surface area contributed by atoms with Gasteiger partial charge in [0.1, 0.15) is 5.75 Å². The first-order chi connectivity index (χ1) is 13.3. The zero-order chi connectivity index (χ0) is 18.2. The van der Waals surface area contributed by atoms with Crippen molar-refractivity contribution in [3.8, 4) is 17.2 Å². The van der Waals surface area contributed by atoms with Crippen molar-refractivity contribution in [3.63, 3.8) is 0 Å². The molecule has 0 saturated carbocycles. The van der Waals surface area contributed by atoms with E-state index >= 15 is 0 Å². The molecule has 134 valence electrons. The van der Waals surface area contributed by atoms with E-state index in [4.69, 9.17) is 9.15 Å². The quantitative estimate of drug-likeness (QED) is 0.565. The fourth-order valence-corrected chi connectivity index (χ4v) is 3.83. The summed E-state index contributed by atoms with van der Waals surface area (Å²) in [6, 6.07) is 18.5. The highest BCUT2D eigenvalue weighted by Gasteiger charge is 2.16. The van der Waals surface area contributed by atoms with E-state index in [0.29, 0.717) is 24.1 Å². The number of nitrogens with one attached hydrogen (secondary N) is 1. The molecule has 0 atom stereocenters. The zero-order valence-electron chi connectivity index (χ0n) is 15.0. The Balaban J connectivity index is 1.41. The minimum atomic E-state index is 0.463. The molecule has 0 fully saturated rings. The Morgan fingerprint density at radius 1 is 0.963 bits per heavy atom. The number of hydrogen-bond acceptors (Lipinski definition) is 5. The highest BCUT2D eigenvalue weighted by molar-refractivity contribution is 5.99. The third-order valence-electron chi connectivity index (χ3n) is 5.11. The summed E-state index contributed by atoms with van der Waals surface area (Å²) in [5, 5.41) is 14.4. The Kier molecular flexibility index (Phi) is 3.78. The Labute approximate surface area is 157 Å². The summed E-state index contributed by atoms with van der Waals surface area (Å²) in [4.78, 5) is 0. The van der Waals surface area contributed by atoms with Gasteiger partial charge in [0.25, 0.3) is 5.89 Å². The van der Waals surface area contributed by atoms with Crippen LogP contribution in [0.5, 0.6) is 5.75 Å². The molecule has 0 aliphatic heterocycles. The van der Waals surface area contributed by atoms with E-state index in [1.807, 2.05) is 24.3 Å². The first-order valence-electron chi connectivity index (χ1n) is 9.06. The molecular formula is C22H19N3O2. The van der Waals surface area contributed by atoms with Gasteiger partial charge in [0, 0.05) is 11.1 Å². The van der Waals surface area contributed by atoms with Crippen molar-refractivity contribution in [2.24, 2.45) is 0 Å². The molecule has 1 aliphatic rings. The third kappa shape index (κ3) is 2.72. The molecule has 0 radical (unpaired) electrons. The molecule has 4 aromatic rings. The molecule has 1 aliphatic carbocycles. The minimum Gasteiger partial charge on any atom is -0.496 e. The fourth-order valence-electron chi connectivity index (χ4n) is 3.83. The maximum atomic E-state index is 5.84. The van der Waals surface area contributed by atoms with Gasteiger partial charge in [-0.05, 0) is 47.6 Å². The van der Waals surface area contributed by atoms with E-state index < -0.39 is 0 Å². The van der Waals surface area contributed by atoms with E-state index in [2.05, 4.69) is 45.8 Å². The fraction of sp³-hybridized carbons (Fsp3) is 0.182. The van der Waals surface area contributed by atoms with Gasteiger partial charge in [-0.25, -0.2) is 0 Å². The first-order valence-corrected chi connectivity index (χ1v) is 9.06. The molecule has 0 spiro atoms. The van der Waals surface area contributed by atoms with Crippen LogP contribution < -0.4 is 10.1 Å². The van der Waals surface area contributed by atoms with Gasteiger partial charge in [0.05, 0.1) is 19.2 Å². The number of ether oxygens (including phenoxy) is 1. The van der Waals surface area contributed by atoms with Gasteiger partial charge in [-0.15, -0.1) is 10.2 Å². The summed E-state index contributed by atoms with van der Waals surface area (Å²) in [6.07, 6.45) is 2.25. The van der Waals surface area contributed by atoms with Crippen molar-refractivity contribution in [2.45, 2.75) is 19.4 Å². The molecule has 5 rings (SSSR count). The molecule has 27 heavy (non-hydrogen) atoms. The van der Waals surface area contributed by atoms with E-state index in [1.54, 1.807) is 7.11 Å². The third-order valence-corrected chi connectivity index (χ3v) is 5.11. The summed E-state index contributed by atoms with van der Waals surface area (Å²) in [5.74, 6) is 1.72. The number of aromatic nitrogens is 2. The van der Waals surface area contributed by atoms with Gasteiger partial charge in [-0.1, -0.05) is 36.4 Å². The molecule has 1 aromatic heterocycles. The number of nitrogens with zero attached hydrogens (tertiary/aromatic N) is 2. The van der Waals surface area contributed by atoms with Crippen LogP contribution in [0.15, 0.2) is 59.0 Å². The Hall–Kier alpha value is -3.34. The van der Waals surface area contributed by atoms with Crippen molar-refractivity contribution in [2.75, 3.05) is 12.4 Å². The number of para-hydroxylation sites is 1. The van der Waals surface area contributed by atoms with Gasteiger partial charge < -0.3 is 14.5 Å². The summed E-state index contributed by atoms with van der Waals surface area (Å²) in [6.45, 7) is 0.473. The number of aryl methyl sites for hydroxylation is 2. The van der Waals surface area contributed by atoms with Crippen LogP contribution in [0.25, 0.3) is 22.2 Å². The average Bonchev–Trinajstić information content (AvgIpc) is 3.36. The predicted octanol–water partition coefficient (Wildman–Crippen LogP) is 4.61. The van der Waals surface area contributed by atoms with Gasteiger partial charge in [0.15, 0.2) is 0 Å². The van der Waals surface area contributed by atoms with E-state index in [1.165, 1.54) is 21.9 Å². The second-order valence-electron chi connectivity index (χ2n) is 6.67. The highest BCUT2D eigenvalue weighted by atomic mass is 16.5. The van der Waals surface area contributed by atoms with Crippen LogP contribution in [-0.4, -0.2) is 17.3 Å². The number of benzene rings is 3. The van der Waals surface area contributed by atoms with Crippen LogP contribution in [0.1, 0.15) is 17.0 Å². The first kappa shape index (κ1) is 15.9. The smallest absolute Gasteiger partial charge is 0.251 e. The number of hydrogen-bond donors (Lipinski definition) is 1. The molecule has 3 aromatic carbocycles. The Morgan fingerprint density at radius 3 is 2.70 bits per heavy atom. The monoisotopic (exact) mass is 357 g/mol. The van der Waals surface area contributed by atoms with Crippen LogP contribution in [0.4, 0.5) is 5.69 Å². The molecule has 5 heteroatoms. The number of methoxy groups -OCH3 is 1. The largest absolute Gasteiger partial charge is 0.496 e. The van der Waals surface area contributed by atoms with E-state index in [-0.39, 0.29) is 0 Å². The number of anilines is 1. The Bertz CT molecular complexity index is 1120. The molecule has 0 saturated heterocycles. The van der Waals surface area contributed by atoms with Gasteiger partial charge in [0.2, 0.25) is 5.89 Å². The van der Waals surface area contributed by atoms with E-state index in [9.17, 15) is 0 Å². The van der Waals surface area contributed by atoms with Crippen LogP contribution in [0, 0.1) is 0 Å². The van der Waals surface area contributed by atoms with Crippen LogP contribution >= 0.6 is 0 Å². The molecule has 1 heterocycles. The summed E-state index contributed by atoms with van der Waals surface area (Å²) in [7, 11) is 1.63. The van der Waals surface area contributed by atoms with Crippen molar-refractivity contribution in [1.29, 1.82) is 0 Å². The minimum absolute atomic E-state index is 0.463. The van der Waals surface area contributed by atoms with Crippen molar-refractivity contribution in [3.05, 3.63) is 71.6 Å². The second kappa shape index (κ2) is 6.43. The maximum Gasteiger partial charge on any atom is 0.251 e. The van der Waals surface area contributed by atoms with Crippen LogP contribution in [-0.2, 0) is 19.4 Å². The van der Waals surface area contributed by atoms with Gasteiger partial charge in [-0.2, -0.15) is 0 Å². The topological polar surface area (TPSA) is 60.2 Å². The summed E-state index contributed by atoms with van der Waals surface area (Å²) < 4.78 is 11.2. The average molecular weight is 357 g/mol. The van der Waals surface area contributed by atoms with Crippen molar-refractivity contribution < 1.29 is 9.15 Å². The van der Waals surface area contributed by atoms with E-state index in [0.717, 1.165) is 24.1 Å². The predicted molar refractivity (Wildman–Crippen MR) is 105 cm³/mol. The Morgan fingerprint density at radius 2 is 1.81 bits per heavy atom. The van der Waals surface area contributed by atoms with Crippen molar-refractivity contribution in [1.82, 2.24) is 10.2 Å². The lowest BCUT2D eigenvalue weighted by Gasteiger charge is -2.10. The van der Waals surface area contributed by atoms with Crippen LogP contribution in [0.2, 0.25) is 0 Å². The molecule has 0 unspecified atom stereocenters. The molecule has 0 bridgehead atoms. The second-order valence-corrected chi connectivity index (χ2v) is 6.67. The molecule has 0 amide bonds. The lowest BCUT2D eigenvalue weighted by Crippen LogP contribution is -2.00. The highest BCUT2D eigenvalue weighted by Crippen LogP contribution is 2.35. The zero-order valence-corrected chi connectivity index (χ0v) is 15.0. The molecule has 5 nitrogen and oxygen atoms in total. The van der Waals surface area contributed by atoms with Crippen molar-refractivity contribution >= 4 is 16.5 Å². The SMILES string of the molecule is COc1ccccc1-c1nnc(CNc2ccc3c4c(cccc24)CC3)o1. The van der Waals surface area contributed by atoms with Gasteiger partial charge in [-0.3, -0.25) is 0 Å².